The fraction of sp³-hybridized carbons (Fsp3) is 0.346. The Kier molecular flexibility index (Phi) is 7.92. The molecule has 0 saturated carbocycles. The Morgan fingerprint density at radius 1 is 1.09 bits per heavy atom. The summed E-state index contributed by atoms with van der Waals surface area (Å²) in [6.45, 7) is 6.79. The highest BCUT2D eigenvalue weighted by Crippen LogP contribution is 2.40. The molecule has 4 rings (SSSR count). The fourth-order valence-electron chi connectivity index (χ4n) is 4.07. The van der Waals surface area contributed by atoms with Crippen LogP contribution in [0.25, 0.3) is 0 Å². The van der Waals surface area contributed by atoms with Crippen LogP contribution in [0.4, 0.5) is 5.95 Å². The second-order valence-electron chi connectivity index (χ2n) is 7.94. The maximum atomic E-state index is 13.1. The number of allylic oxidation sites excluding steroid dienone is 1. The molecule has 1 aliphatic heterocycles. The normalized spacial score (nSPS) is 14.8. The summed E-state index contributed by atoms with van der Waals surface area (Å²) in [7, 11) is 0. The summed E-state index contributed by atoms with van der Waals surface area (Å²) in [5.41, 5.74) is 2.99. The molecule has 0 saturated heterocycles. The van der Waals surface area contributed by atoms with Gasteiger partial charge in [-0.1, -0.05) is 49.2 Å². The number of halogens is 1. The molecule has 1 aromatic heterocycles. The van der Waals surface area contributed by atoms with Gasteiger partial charge in [0.25, 0.3) is 0 Å². The summed E-state index contributed by atoms with van der Waals surface area (Å²) >= 11 is 6.28. The van der Waals surface area contributed by atoms with Crippen LogP contribution in [0.5, 0.6) is 11.5 Å². The molecule has 184 valence electrons. The molecule has 2 aromatic carbocycles. The van der Waals surface area contributed by atoms with E-state index in [0.29, 0.717) is 47.7 Å². The maximum absolute atomic E-state index is 13.1. The van der Waals surface area contributed by atoms with Gasteiger partial charge in [-0.25, -0.2) is 9.48 Å². The van der Waals surface area contributed by atoms with Crippen molar-refractivity contribution in [3.63, 3.8) is 0 Å². The largest absolute Gasteiger partial charge is 0.490 e. The molecule has 8 nitrogen and oxygen atoms in total. The fourth-order valence-corrected chi connectivity index (χ4v) is 4.26. The third kappa shape index (κ3) is 5.27. The molecule has 0 fully saturated rings. The molecule has 3 aromatic rings. The van der Waals surface area contributed by atoms with Gasteiger partial charge >= 0.3 is 5.97 Å². The molecule has 0 unspecified atom stereocenters. The summed E-state index contributed by atoms with van der Waals surface area (Å²) in [4.78, 5) is 17.5. The van der Waals surface area contributed by atoms with Gasteiger partial charge in [0.15, 0.2) is 11.5 Å². The number of nitrogens with one attached hydrogen (secondary N) is 1. The average molecular weight is 497 g/mol. The second-order valence-corrected chi connectivity index (χ2v) is 8.34. The lowest BCUT2D eigenvalue weighted by atomic mass is 9.93. The van der Waals surface area contributed by atoms with Gasteiger partial charge in [0.2, 0.25) is 5.95 Å². The Hall–Kier alpha value is -3.52. The van der Waals surface area contributed by atoms with Gasteiger partial charge in [0.1, 0.15) is 19.0 Å². The van der Waals surface area contributed by atoms with Crippen molar-refractivity contribution < 1.29 is 19.0 Å². The lowest BCUT2D eigenvalue weighted by Gasteiger charge is -2.29. The van der Waals surface area contributed by atoms with E-state index in [0.717, 1.165) is 23.2 Å². The summed E-state index contributed by atoms with van der Waals surface area (Å²) in [6, 6.07) is 12.7. The number of fused-ring (bicyclic) bond motifs is 1. The number of hydrogen-bond donors (Lipinski definition) is 1. The van der Waals surface area contributed by atoms with Crippen molar-refractivity contribution in [3.05, 3.63) is 76.2 Å². The number of rotatable bonds is 10. The number of nitrogens with zero attached hydrogens (tertiary/aromatic N) is 3. The minimum Gasteiger partial charge on any atom is -0.490 e. The molecule has 2 heterocycles. The minimum atomic E-state index is -0.522. The zero-order valence-corrected chi connectivity index (χ0v) is 20.8. The van der Waals surface area contributed by atoms with E-state index in [1.807, 2.05) is 49.4 Å². The van der Waals surface area contributed by atoms with Gasteiger partial charge in [0.05, 0.1) is 18.8 Å². The van der Waals surface area contributed by atoms with Gasteiger partial charge in [-0.2, -0.15) is 10.1 Å². The van der Waals surface area contributed by atoms with Gasteiger partial charge in [-0.05, 0) is 44.0 Å². The third-order valence-electron chi connectivity index (χ3n) is 5.60. The number of carbonyl (C=O) groups is 1. The second kappa shape index (κ2) is 11.3. The SMILES string of the molecule is CCCC1=C(C(=O)OCC)[C@H](c2ccc(OCc3ccccc3Cl)c(OCC)c2)n2ncnc2N1. The van der Waals surface area contributed by atoms with Crippen LogP contribution in [0.3, 0.4) is 0 Å². The summed E-state index contributed by atoms with van der Waals surface area (Å²) in [5.74, 6) is 1.34. The van der Waals surface area contributed by atoms with Crippen LogP contribution in [0, 0.1) is 0 Å². The van der Waals surface area contributed by atoms with Crippen molar-refractivity contribution in [2.24, 2.45) is 0 Å². The van der Waals surface area contributed by atoms with Crippen LogP contribution >= 0.6 is 11.6 Å². The highest BCUT2D eigenvalue weighted by Gasteiger charge is 2.35. The third-order valence-corrected chi connectivity index (χ3v) is 5.97. The highest BCUT2D eigenvalue weighted by atomic mass is 35.5. The van der Waals surface area contributed by atoms with Crippen molar-refractivity contribution in [1.82, 2.24) is 14.8 Å². The monoisotopic (exact) mass is 496 g/mol. The first-order valence-corrected chi connectivity index (χ1v) is 12.1. The maximum Gasteiger partial charge on any atom is 0.338 e. The topological polar surface area (TPSA) is 87.5 Å². The lowest BCUT2D eigenvalue weighted by Crippen LogP contribution is -2.30. The van der Waals surface area contributed by atoms with Crippen molar-refractivity contribution in [2.45, 2.75) is 46.3 Å². The molecule has 0 amide bonds. The number of hydrogen-bond acceptors (Lipinski definition) is 7. The molecular formula is C26H29ClN4O4. The smallest absolute Gasteiger partial charge is 0.338 e. The molecule has 9 heteroatoms. The first-order valence-electron chi connectivity index (χ1n) is 11.8. The number of esters is 1. The number of benzene rings is 2. The van der Waals surface area contributed by atoms with E-state index in [9.17, 15) is 4.79 Å². The molecule has 0 aliphatic carbocycles. The zero-order valence-electron chi connectivity index (χ0n) is 20.1. The van der Waals surface area contributed by atoms with Gasteiger partial charge in [-0.15, -0.1) is 0 Å². The van der Waals surface area contributed by atoms with Crippen molar-refractivity contribution in [1.29, 1.82) is 0 Å². The van der Waals surface area contributed by atoms with E-state index < -0.39 is 6.04 Å². The number of anilines is 1. The van der Waals surface area contributed by atoms with Crippen molar-refractivity contribution in [2.75, 3.05) is 18.5 Å². The minimum absolute atomic E-state index is 0.275. The summed E-state index contributed by atoms with van der Waals surface area (Å²) in [5, 5.41) is 8.30. The van der Waals surface area contributed by atoms with Gasteiger partial charge in [-0.3, -0.25) is 0 Å². The van der Waals surface area contributed by atoms with Crippen LogP contribution in [0.1, 0.15) is 50.8 Å². The van der Waals surface area contributed by atoms with E-state index in [1.165, 1.54) is 6.33 Å². The lowest BCUT2D eigenvalue weighted by molar-refractivity contribution is -0.139. The van der Waals surface area contributed by atoms with Crippen LogP contribution in [-0.4, -0.2) is 33.9 Å². The molecule has 0 spiro atoms. The standard InChI is InChI=1S/C26H29ClN4O4/c1-4-9-20-23(25(32)34-6-3)24(31-26(30-20)28-16-29-31)17-12-13-21(22(14-17)33-5-2)35-15-18-10-7-8-11-19(18)27/h7-8,10-14,16,24H,4-6,9,15H2,1-3H3,(H,28,29,30)/t24-/m0/s1. The van der Waals surface area contributed by atoms with E-state index in [1.54, 1.807) is 11.6 Å². The van der Waals surface area contributed by atoms with E-state index in [-0.39, 0.29) is 12.6 Å². The Balaban J connectivity index is 1.74. The van der Waals surface area contributed by atoms with Gasteiger partial charge < -0.3 is 19.5 Å². The molecule has 1 atom stereocenters. The first kappa shape index (κ1) is 24.6. The predicted octanol–water partition coefficient (Wildman–Crippen LogP) is 5.54. The quantitative estimate of drug-likeness (QED) is 0.368. The van der Waals surface area contributed by atoms with Gasteiger partial charge in [0, 0.05) is 16.3 Å². The Morgan fingerprint density at radius 2 is 1.91 bits per heavy atom. The summed E-state index contributed by atoms with van der Waals surface area (Å²) in [6.07, 6.45) is 3.00. The molecule has 1 N–H and O–H groups in total. The Bertz CT molecular complexity index is 1220. The molecule has 35 heavy (non-hydrogen) atoms. The first-order chi connectivity index (χ1) is 17.1. The van der Waals surface area contributed by atoms with E-state index in [2.05, 4.69) is 22.3 Å². The number of carbonyl (C=O) groups excluding carboxylic acids is 1. The van der Waals surface area contributed by atoms with Crippen molar-refractivity contribution >= 4 is 23.5 Å². The average Bonchev–Trinajstić information content (AvgIpc) is 3.32. The van der Waals surface area contributed by atoms with Crippen LogP contribution in [0.2, 0.25) is 5.02 Å². The zero-order chi connectivity index (χ0) is 24.8. The summed E-state index contributed by atoms with van der Waals surface area (Å²) < 4.78 is 19.1. The Morgan fingerprint density at radius 3 is 2.66 bits per heavy atom. The van der Waals surface area contributed by atoms with Crippen LogP contribution in [0.15, 0.2) is 60.1 Å². The van der Waals surface area contributed by atoms with Crippen molar-refractivity contribution in [3.8, 4) is 11.5 Å². The molecule has 1 aliphatic rings. The molecule has 0 bridgehead atoms. The number of aromatic nitrogens is 3. The highest BCUT2D eigenvalue weighted by molar-refractivity contribution is 6.31. The van der Waals surface area contributed by atoms with E-state index >= 15 is 0 Å². The number of ether oxygens (including phenoxy) is 3. The predicted molar refractivity (Wildman–Crippen MR) is 134 cm³/mol. The molecule has 0 radical (unpaired) electrons. The van der Waals surface area contributed by atoms with Crippen LogP contribution < -0.4 is 14.8 Å². The Labute approximate surface area is 209 Å². The van der Waals surface area contributed by atoms with Crippen LogP contribution in [-0.2, 0) is 16.1 Å². The van der Waals surface area contributed by atoms with E-state index in [4.69, 9.17) is 25.8 Å². The molecular weight excluding hydrogens is 468 g/mol.